The number of aryl methyl sites for hydroxylation is 2. The lowest BCUT2D eigenvalue weighted by molar-refractivity contribution is -0.131. The highest BCUT2D eigenvalue weighted by Gasteiger charge is 2.22. The molecule has 1 amide bonds. The van der Waals surface area contributed by atoms with Crippen LogP contribution in [0.2, 0.25) is 0 Å². The molecule has 0 atom stereocenters. The number of likely N-dealkylation sites (tertiary alicyclic amines) is 1. The van der Waals surface area contributed by atoms with Gasteiger partial charge in [-0.05, 0) is 44.7 Å². The van der Waals surface area contributed by atoms with Crippen molar-refractivity contribution in [2.45, 2.75) is 33.1 Å². The lowest BCUT2D eigenvalue weighted by atomic mass is 10.2. The van der Waals surface area contributed by atoms with Crippen LogP contribution in [0.4, 0.5) is 5.82 Å². The monoisotopic (exact) mass is 317 g/mol. The van der Waals surface area contributed by atoms with Crippen molar-refractivity contribution in [1.82, 2.24) is 20.0 Å². The Kier molecular flexibility index (Phi) is 5.10. The van der Waals surface area contributed by atoms with E-state index in [4.69, 9.17) is 0 Å². The molecule has 0 saturated carbocycles. The number of carbonyl (C=O) groups excluding carboxylic acids is 1. The van der Waals surface area contributed by atoms with Crippen molar-refractivity contribution in [3.05, 3.63) is 17.3 Å². The van der Waals surface area contributed by atoms with Gasteiger partial charge in [-0.3, -0.25) is 9.69 Å². The maximum atomic E-state index is 12.3. The van der Waals surface area contributed by atoms with Crippen LogP contribution in [0.15, 0.2) is 6.07 Å². The molecule has 126 valence electrons. The molecule has 0 spiro atoms. The van der Waals surface area contributed by atoms with Crippen molar-refractivity contribution >= 4 is 11.7 Å². The molecule has 0 radical (unpaired) electrons. The molecule has 3 rings (SSSR count). The average molecular weight is 317 g/mol. The molecule has 3 heterocycles. The Morgan fingerprint density at radius 2 is 1.78 bits per heavy atom. The summed E-state index contributed by atoms with van der Waals surface area (Å²) in [5.41, 5.74) is 2.17. The quantitative estimate of drug-likeness (QED) is 0.839. The summed E-state index contributed by atoms with van der Waals surface area (Å²) < 4.78 is 0. The molecule has 1 aromatic rings. The Morgan fingerprint density at radius 3 is 2.52 bits per heavy atom. The predicted octanol–water partition coefficient (Wildman–Crippen LogP) is 1.23. The number of amides is 1. The number of hydrogen-bond donors (Lipinski definition) is 0. The van der Waals surface area contributed by atoms with Crippen LogP contribution in [0.25, 0.3) is 0 Å². The molecular formula is C17H27N5O. The zero-order chi connectivity index (χ0) is 16.2. The first-order chi connectivity index (χ1) is 11.1. The molecule has 0 unspecified atom stereocenters. The zero-order valence-electron chi connectivity index (χ0n) is 14.3. The van der Waals surface area contributed by atoms with E-state index in [-0.39, 0.29) is 0 Å². The fourth-order valence-corrected chi connectivity index (χ4v) is 3.30. The smallest absolute Gasteiger partial charge is 0.236 e. The Bertz CT molecular complexity index is 556. The van der Waals surface area contributed by atoms with Gasteiger partial charge in [-0.25, -0.2) is 0 Å². The van der Waals surface area contributed by atoms with Gasteiger partial charge in [0.2, 0.25) is 5.91 Å². The van der Waals surface area contributed by atoms with Gasteiger partial charge in [0.15, 0.2) is 5.82 Å². The molecule has 2 aliphatic rings. The van der Waals surface area contributed by atoms with Crippen molar-refractivity contribution in [2.24, 2.45) is 0 Å². The van der Waals surface area contributed by atoms with Gasteiger partial charge in [0, 0.05) is 39.3 Å². The van der Waals surface area contributed by atoms with Gasteiger partial charge in [-0.2, -0.15) is 5.10 Å². The molecule has 6 heteroatoms. The summed E-state index contributed by atoms with van der Waals surface area (Å²) in [4.78, 5) is 18.9. The molecule has 0 N–H and O–H groups in total. The predicted molar refractivity (Wildman–Crippen MR) is 90.6 cm³/mol. The minimum absolute atomic E-state index is 0.293. The molecule has 2 saturated heterocycles. The van der Waals surface area contributed by atoms with Gasteiger partial charge in [0.25, 0.3) is 0 Å². The van der Waals surface area contributed by atoms with E-state index in [2.05, 4.69) is 33.0 Å². The fourth-order valence-electron chi connectivity index (χ4n) is 3.30. The van der Waals surface area contributed by atoms with Crippen molar-refractivity contribution in [2.75, 3.05) is 50.7 Å². The molecule has 2 fully saturated rings. The van der Waals surface area contributed by atoms with Crippen LogP contribution < -0.4 is 4.90 Å². The van der Waals surface area contributed by atoms with Crippen LogP contribution in [0, 0.1) is 13.8 Å². The summed E-state index contributed by atoms with van der Waals surface area (Å²) >= 11 is 0. The van der Waals surface area contributed by atoms with Crippen LogP contribution in [0.1, 0.15) is 30.5 Å². The lowest BCUT2D eigenvalue weighted by Gasteiger charge is -2.24. The van der Waals surface area contributed by atoms with Crippen LogP contribution in [-0.2, 0) is 4.79 Å². The molecular weight excluding hydrogens is 290 g/mol. The molecule has 1 aromatic heterocycles. The van der Waals surface area contributed by atoms with E-state index in [1.165, 1.54) is 5.56 Å². The highest BCUT2D eigenvalue weighted by molar-refractivity contribution is 5.78. The number of aromatic nitrogens is 2. The van der Waals surface area contributed by atoms with E-state index >= 15 is 0 Å². The van der Waals surface area contributed by atoms with Crippen molar-refractivity contribution in [3.63, 3.8) is 0 Å². The minimum Gasteiger partial charge on any atom is -0.354 e. The van der Waals surface area contributed by atoms with Crippen LogP contribution in [0.5, 0.6) is 0 Å². The number of nitrogens with zero attached hydrogens (tertiary/aromatic N) is 5. The summed E-state index contributed by atoms with van der Waals surface area (Å²) in [5, 5.41) is 8.57. The van der Waals surface area contributed by atoms with E-state index in [9.17, 15) is 4.79 Å². The Morgan fingerprint density at radius 1 is 1.00 bits per heavy atom. The first kappa shape index (κ1) is 16.2. The SMILES string of the molecule is Cc1cc(N2CCCN(CC(=O)N3CCCC3)CC2)nnc1C. The third-order valence-corrected chi connectivity index (χ3v) is 4.95. The number of rotatable bonds is 3. The first-order valence-electron chi connectivity index (χ1n) is 8.69. The first-order valence-corrected chi connectivity index (χ1v) is 8.69. The Balaban J connectivity index is 1.56. The van der Waals surface area contributed by atoms with Crippen molar-refractivity contribution in [1.29, 1.82) is 0 Å². The highest BCUT2D eigenvalue weighted by Crippen LogP contribution is 2.16. The van der Waals surface area contributed by atoms with Crippen LogP contribution in [0.3, 0.4) is 0 Å². The van der Waals surface area contributed by atoms with Crippen molar-refractivity contribution in [3.8, 4) is 0 Å². The van der Waals surface area contributed by atoms with Crippen molar-refractivity contribution < 1.29 is 4.79 Å². The highest BCUT2D eigenvalue weighted by atomic mass is 16.2. The fraction of sp³-hybridized carbons (Fsp3) is 0.706. The number of hydrogen-bond acceptors (Lipinski definition) is 5. The maximum Gasteiger partial charge on any atom is 0.236 e. The third-order valence-electron chi connectivity index (χ3n) is 4.95. The summed E-state index contributed by atoms with van der Waals surface area (Å²) in [6.07, 6.45) is 3.37. The lowest BCUT2D eigenvalue weighted by Crippen LogP contribution is -2.40. The van der Waals surface area contributed by atoms with Crippen LogP contribution >= 0.6 is 0 Å². The van der Waals surface area contributed by atoms with Gasteiger partial charge >= 0.3 is 0 Å². The molecule has 0 aromatic carbocycles. The summed E-state index contributed by atoms with van der Waals surface area (Å²) in [5.74, 6) is 1.25. The second-order valence-corrected chi connectivity index (χ2v) is 6.68. The molecule has 6 nitrogen and oxygen atoms in total. The second kappa shape index (κ2) is 7.25. The molecule has 2 aliphatic heterocycles. The van der Waals surface area contributed by atoms with Gasteiger partial charge in [-0.1, -0.05) is 0 Å². The van der Waals surface area contributed by atoms with E-state index in [0.717, 1.165) is 70.0 Å². The third kappa shape index (κ3) is 3.99. The molecule has 23 heavy (non-hydrogen) atoms. The Hall–Kier alpha value is -1.69. The number of carbonyl (C=O) groups is 1. The van der Waals surface area contributed by atoms with E-state index in [1.807, 2.05) is 11.8 Å². The average Bonchev–Trinajstić information content (AvgIpc) is 2.98. The number of anilines is 1. The standard InChI is InChI=1S/C17H27N5O/c1-14-12-16(19-18-15(14)2)21-9-5-6-20(10-11-21)13-17(23)22-7-3-4-8-22/h12H,3-11,13H2,1-2H3. The second-order valence-electron chi connectivity index (χ2n) is 6.68. The minimum atomic E-state index is 0.293. The maximum absolute atomic E-state index is 12.3. The van der Waals surface area contributed by atoms with Gasteiger partial charge in [0.05, 0.1) is 12.2 Å². The summed E-state index contributed by atoms with van der Waals surface area (Å²) in [6.45, 7) is 10.3. The van der Waals surface area contributed by atoms with E-state index < -0.39 is 0 Å². The topological polar surface area (TPSA) is 52.6 Å². The van der Waals surface area contributed by atoms with Crippen LogP contribution in [-0.4, -0.2) is 71.7 Å². The van der Waals surface area contributed by atoms with E-state index in [1.54, 1.807) is 0 Å². The largest absolute Gasteiger partial charge is 0.354 e. The van der Waals surface area contributed by atoms with E-state index in [0.29, 0.717) is 12.5 Å². The molecule has 0 aliphatic carbocycles. The molecule has 0 bridgehead atoms. The Labute approximate surface area is 138 Å². The summed E-state index contributed by atoms with van der Waals surface area (Å²) in [7, 11) is 0. The normalized spacial score (nSPS) is 19.9. The van der Waals surface area contributed by atoms with Gasteiger partial charge < -0.3 is 9.80 Å². The zero-order valence-corrected chi connectivity index (χ0v) is 14.3. The van der Waals surface area contributed by atoms with Gasteiger partial charge in [-0.15, -0.1) is 5.10 Å². The summed E-state index contributed by atoms with van der Waals surface area (Å²) in [6, 6.07) is 2.12. The van der Waals surface area contributed by atoms with Gasteiger partial charge in [0.1, 0.15) is 0 Å².